The Morgan fingerprint density at radius 1 is 1.12 bits per heavy atom. The van der Waals surface area contributed by atoms with Gasteiger partial charge in [0.25, 0.3) is 11.8 Å². The van der Waals surface area contributed by atoms with Crippen LogP contribution in [0.4, 0.5) is 0 Å². The van der Waals surface area contributed by atoms with E-state index in [-0.39, 0.29) is 23.9 Å². The summed E-state index contributed by atoms with van der Waals surface area (Å²) in [7, 11) is 0. The van der Waals surface area contributed by atoms with Crippen molar-refractivity contribution in [1.82, 2.24) is 34.8 Å². The molecule has 33 heavy (non-hydrogen) atoms. The predicted molar refractivity (Wildman–Crippen MR) is 125 cm³/mol. The molecule has 9 nitrogen and oxygen atoms in total. The Hall–Kier alpha value is -3.23. The lowest BCUT2D eigenvalue weighted by Crippen LogP contribution is -2.37. The number of hydrogen-bond acceptors (Lipinski definition) is 5. The summed E-state index contributed by atoms with van der Waals surface area (Å²) in [6.07, 6.45) is 12.0. The van der Waals surface area contributed by atoms with Crippen molar-refractivity contribution in [3.05, 3.63) is 47.4 Å². The van der Waals surface area contributed by atoms with Gasteiger partial charge in [0.15, 0.2) is 11.3 Å². The summed E-state index contributed by atoms with van der Waals surface area (Å²) in [4.78, 5) is 34.5. The minimum atomic E-state index is -0.233. The average Bonchev–Trinajstić information content (AvgIpc) is 3.51. The van der Waals surface area contributed by atoms with Crippen LogP contribution in [0.15, 0.2) is 24.8 Å². The second-order valence-electron chi connectivity index (χ2n) is 8.82. The molecule has 2 amide bonds. The second-order valence-corrected chi connectivity index (χ2v) is 8.82. The highest BCUT2D eigenvalue weighted by Crippen LogP contribution is 2.23. The van der Waals surface area contributed by atoms with Gasteiger partial charge in [0.1, 0.15) is 0 Å². The van der Waals surface area contributed by atoms with Gasteiger partial charge in [-0.2, -0.15) is 5.10 Å². The molecule has 3 heterocycles. The van der Waals surface area contributed by atoms with E-state index in [2.05, 4.69) is 46.5 Å². The van der Waals surface area contributed by atoms with Crippen molar-refractivity contribution < 1.29 is 9.59 Å². The molecule has 3 aromatic heterocycles. The summed E-state index contributed by atoms with van der Waals surface area (Å²) in [6.45, 7) is 8.23. The molecule has 0 unspecified atom stereocenters. The number of rotatable bonds is 8. The van der Waals surface area contributed by atoms with Crippen LogP contribution in [0.25, 0.3) is 5.65 Å². The van der Waals surface area contributed by atoms with Crippen LogP contribution in [0.3, 0.4) is 0 Å². The van der Waals surface area contributed by atoms with E-state index in [1.807, 2.05) is 22.2 Å². The van der Waals surface area contributed by atoms with E-state index in [1.165, 1.54) is 0 Å². The fraction of sp³-hybridized carbons (Fsp3) is 0.542. The number of aromatic nitrogens is 5. The molecule has 3 aromatic rings. The standard InChI is InChI=1S/C24H33N7O2/c1-5-18(6-2)31-20(7-3)19(13-26-31)23(32)28-16-8-9-17(12-16)29-24(33)21-22-27-15(4)14-30(22)11-10-25-21/h10-11,13-14,16-18H,5-9,12H2,1-4H3,(H,28,32)(H,29,33)/t16-,17+/m1/s1. The van der Waals surface area contributed by atoms with Gasteiger partial charge in [0.2, 0.25) is 0 Å². The summed E-state index contributed by atoms with van der Waals surface area (Å²) in [6, 6.07) is 0.310. The number of nitrogens with zero attached hydrogens (tertiary/aromatic N) is 5. The molecule has 0 bridgehead atoms. The summed E-state index contributed by atoms with van der Waals surface area (Å²) in [5, 5.41) is 10.8. The molecule has 0 aromatic carbocycles. The predicted octanol–water partition coefficient (Wildman–Crippen LogP) is 3.24. The van der Waals surface area contributed by atoms with Gasteiger partial charge >= 0.3 is 0 Å². The topological polar surface area (TPSA) is 106 Å². The molecular formula is C24H33N7O2. The fourth-order valence-electron chi connectivity index (χ4n) is 4.84. The fourth-order valence-corrected chi connectivity index (χ4v) is 4.84. The summed E-state index contributed by atoms with van der Waals surface area (Å²) >= 11 is 0. The summed E-state index contributed by atoms with van der Waals surface area (Å²) in [5.41, 5.74) is 3.34. The lowest BCUT2D eigenvalue weighted by Gasteiger charge is -2.18. The minimum absolute atomic E-state index is 0.0150. The third-order valence-corrected chi connectivity index (χ3v) is 6.58. The monoisotopic (exact) mass is 451 g/mol. The Bertz CT molecular complexity index is 1150. The van der Waals surface area contributed by atoms with Crippen molar-refractivity contribution in [3.63, 3.8) is 0 Å². The number of amides is 2. The van der Waals surface area contributed by atoms with Gasteiger partial charge < -0.3 is 15.0 Å². The largest absolute Gasteiger partial charge is 0.349 e. The number of carbonyl (C=O) groups excluding carboxylic acids is 2. The number of imidazole rings is 1. The van der Waals surface area contributed by atoms with E-state index in [1.54, 1.807) is 18.6 Å². The van der Waals surface area contributed by atoms with Crippen molar-refractivity contribution in [2.45, 2.75) is 84.3 Å². The first-order chi connectivity index (χ1) is 15.9. The van der Waals surface area contributed by atoms with Gasteiger partial charge in [-0.15, -0.1) is 0 Å². The van der Waals surface area contributed by atoms with Crippen LogP contribution in [-0.4, -0.2) is 48.0 Å². The molecule has 2 N–H and O–H groups in total. The van der Waals surface area contributed by atoms with Crippen molar-refractivity contribution in [3.8, 4) is 0 Å². The Balaban J connectivity index is 1.38. The van der Waals surface area contributed by atoms with Gasteiger partial charge in [-0.25, -0.2) is 9.97 Å². The molecular weight excluding hydrogens is 418 g/mol. The zero-order chi connectivity index (χ0) is 23.5. The van der Waals surface area contributed by atoms with Crippen LogP contribution in [0, 0.1) is 6.92 Å². The maximum absolute atomic E-state index is 13.0. The highest BCUT2D eigenvalue weighted by Gasteiger charge is 2.30. The zero-order valence-corrected chi connectivity index (χ0v) is 19.8. The van der Waals surface area contributed by atoms with Crippen LogP contribution < -0.4 is 10.6 Å². The maximum atomic E-state index is 13.0. The number of aryl methyl sites for hydroxylation is 1. The SMILES string of the molecule is CCc1c(C(=O)N[C@@H]2CC[C@H](NC(=O)c3nccn4cc(C)nc34)C2)cnn1C(CC)CC. The molecule has 1 saturated carbocycles. The Morgan fingerprint density at radius 3 is 2.48 bits per heavy atom. The lowest BCUT2D eigenvalue weighted by molar-refractivity contribution is 0.0933. The molecule has 176 valence electrons. The van der Waals surface area contributed by atoms with Gasteiger partial charge in [-0.05, 0) is 45.4 Å². The molecule has 0 spiro atoms. The van der Waals surface area contributed by atoms with E-state index in [9.17, 15) is 9.59 Å². The number of hydrogen-bond donors (Lipinski definition) is 2. The smallest absolute Gasteiger partial charge is 0.273 e. The van der Waals surface area contributed by atoms with Crippen molar-refractivity contribution in [2.24, 2.45) is 0 Å². The molecule has 1 aliphatic carbocycles. The van der Waals surface area contributed by atoms with E-state index in [0.29, 0.717) is 29.4 Å². The first-order valence-electron chi connectivity index (χ1n) is 11.9. The summed E-state index contributed by atoms with van der Waals surface area (Å²) < 4.78 is 3.82. The van der Waals surface area contributed by atoms with Crippen molar-refractivity contribution >= 4 is 17.5 Å². The third kappa shape index (κ3) is 4.62. The molecule has 2 atom stereocenters. The molecule has 9 heteroatoms. The highest BCUT2D eigenvalue weighted by molar-refractivity contribution is 5.98. The number of carbonyl (C=O) groups is 2. The van der Waals surface area contributed by atoms with Crippen LogP contribution >= 0.6 is 0 Å². The first-order valence-corrected chi connectivity index (χ1v) is 11.9. The first kappa shape index (κ1) is 22.9. The third-order valence-electron chi connectivity index (χ3n) is 6.58. The maximum Gasteiger partial charge on any atom is 0.273 e. The minimum Gasteiger partial charge on any atom is -0.349 e. The molecule has 1 fully saturated rings. The Morgan fingerprint density at radius 2 is 1.82 bits per heavy atom. The number of nitrogens with one attached hydrogen (secondary N) is 2. The molecule has 0 radical (unpaired) electrons. The number of fused-ring (bicyclic) bond motifs is 1. The Labute approximate surface area is 194 Å². The Kier molecular flexibility index (Phi) is 6.76. The van der Waals surface area contributed by atoms with Crippen molar-refractivity contribution in [1.29, 1.82) is 0 Å². The zero-order valence-electron chi connectivity index (χ0n) is 19.8. The molecule has 4 rings (SSSR count). The van der Waals surface area contributed by atoms with Crippen molar-refractivity contribution in [2.75, 3.05) is 0 Å². The van der Waals surface area contributed by atoms with Crippen LogP contribution in [-0.2, 0) is 6.42 Å². The highest BCUT2D eigenvalue weighted by atomic mass is 16.2. The van der Waals surface area contributed by atoms with Gasteiger partial charge in [0, 0.05) is 30.7 Å². The van der Waals surface area contributed by atoms with Gasteiger partial charge in [-0.3, -0.25) is 14.3 Å². The van der Waals surface area contributed by atoms with Crippen LogP contribution in [0.5, 0.6) is 0 Å². The second kappa shape index (κ2) is 9.72. The molecule has 0 saturated heterocycles. The molecule has 1 aliphatic rings. The van der Waals surface area contributed by atoms with Gasteiger partial charge in [0.05, 0.1) is 29.2 Å². The lowest BCUT2D eigenvalue weighted by atomic mass is 10.1. The van der Waals surface area contributed by atoms with E-state index >= 15 is 0 Å². The van der Waals surface area contributed by atoms with Crippen LogP contribution in [0.1, 0.15) is 91.2 Å². The quantitative estimate of drug-likeness (QED) is 0.547. The van der Waals surface area contributed by atoms with Gasteiger partial charge in [-0.1, -0.05) is 20.8 Å². The van der Waals surface area contributed by atoms with E-state index in [0.717, 1.165) is 43.5 Å². The van der Waals surface area contributed by atoms with Crippen LogP contribution in [0.2, 0.25) is 0 Å². The van der Waals surface area contributed by atoms with E-state index in [4.69, 9.17) is 0 Å². The average molecular weight is 452 g/mol. The van der Waals surface area contributed by atoms with E-state index < -0.39 is 0 Å². The normalized spacial score (nSPS) is 18.2. The summed E-state index contributed by atoms with van der Waals surface area (Å²) in [5.74, 6) is -0.316. The molecule has 0 aliphatic heterocycles.